The van der Waals surface area contributed by atoms with E-state index in [0.717, 1.165) is 0 Å². The van der Waals surface area contributed by atoms with Crippen LogP contribution in [0.25, 0.3) is 0 Å². The Balaban J connectivity index is 3.90. The Morgan fingerprint density at radius 2 is 0.500 bits per heavy atom. The highest BCUT2D eigenvalue weighted by molar-refractivity contribution is 5.44. The second kappa shape index (κ2) is 4.95. The lowest BCUT2D eigenvalue weighted by Gasteiger charge is -2.21. The van der Waals surface area contributed by atoms with Crippen LogP contribution in [-0.2, 0) is 24.7 Å². The van der Waals surface area contributed by atoms with Crippen LogP contribution in [0.1, 0.15) is 22.3 Å². The molecule has 0 unspecified atom stereocenters. The molecule has 0 nitrogen and oxygen atoms in total. The average molecular weight is 350 g/mol. The first-order valence-electron chi connectivity index (χ1n) is 4.92. The summed E-state index contributed by atoms with van der Waals surface area (Å²) in [6.07, 6.45) is -23.7. The first kappa shape index (κ1) is 18.4. The van der Waals surface area contributed by atoms with Crippen LogP contribution in [0.15, 0.2) is 12.1 Å². The number of hydrogen-bond donors (Lipinski definition) is 0. The lowest BCUT2D eigenvalue weighted by molar-refractivity contribution is -0.170. The molecule has 0 saturated carbocycles. The van der Waals surface area contributed by atoms with E-state index in [1.807, 2.05) is 0 Å². The molecule has 0 atom stereocenters. The Hall–Kier alpha value is -1.62. The van der Waals surface area contributed by atoms with Crippen LogP contribution in [0, 0.1) is 0 Å². The molecule has 0 N–H and O–H groups in total. The van der Waals surface area contributed by atoms with Gasteiger partial charge < -0.3 is 0 Å². The Morgan fingerprint density at radius 1 is 0.364 bits per heavy atom. The maximum Gasteiger partial charge on any atom is 0.417 e. The predicted octanol–water partition coefficient (Wildman–Crippen LogP) is 5.76. The number of benzene rings is 1. The number of alkyl halides is 12. The van der Waals surface area contributed by atoms with Crippen molar-refractivity contribution in [3.63, 3.8) is 0 Å². The first-order chi connectivity index (χ1) is 9.45. The van der Waals surface area contributed by atoms with E-state index in [-0.39, 0.29) is 0 Å². The molecular formula is C10H2F12. The fraction of sp³-hybridized carbons (Fsp3) is 0.400. The summed E-state index contributed by atoms with van der Waals surface area (Å²) in [6.45, 7) is 0. The van der Waals surface area contributed by atoms with Gasteiger partial charge in [-0.25, -0.2) is 0 Å². The van der Waals surface area contributed by atoms with Gasteiger partial charge in [0.15, 0.2) is 0 Å². The van der Waals surface area contributed by atoms with Crippen molar-refractivity contribution >= 4 is 0 Å². The van der Waals surface area contributed by atoms with Crippen molar-refractivity contribution in [1.82, 2.24) is 0 Å². The van der Waals surface area contributed by atoms with Gasteiger partial charge in [-0.15, -0.1) is 0 Å². The molecule has 1 rings (SSSR count). The third-order valence-electron chi connectivity index (χ3n) is 2.38. The maximum atomic E-state index is 12.4. The molecule has 22 heavy (non-hydrogen) atoms. The Kier molecular flexibility index (Phi) is 4.14. The summed E-state index contributed by atoms with van der Waals surface area (Å²) in [5.41, 5.74) is -11.4. The highest BCUT2D eigenvalue weighted by Crippen LogP contribution is 2.47. The van der Waals surface area contributed by atoms with E-state index in [0.29, 0.717) is 0 Å². The van der Waals surface area contributed by atoms with Crippen molar-refractivity contribution in [2.75, 3.05) is 0 Å². The zero-order valence-electron chi connectivity index (χ0n) is 9.69. The monoisotopic (exact) mass is 350 g/mol. The third kappa shape index (κ3) is 3.77. The summed E-state index contributed by atoms with van der Waals surface area (Å²) >= 11 is 0. The summed E-state index contributed by atoms with van der Waals surface area (Å²) in [5, 5.41) is 0. The second-order valence-corrected chi connectivity index (χ2v) is 3.93. The summed E-state index contributed by atoms with van der Waals surface area (Å²) in [4.78, 5) is 0. The minimum atomic E-state index is -5.92. The molecule has 1 aromatic rings. The Morgan fingerprint density at radius 3 is 0.591 bits per heavy atom. The standard InChI is InChI=1S/C10H2F12/c11-7(12,13)3-1-4(8(14,15)16)6(10(20,21)22)2-5(3)9(17,18)19/h1-2H. The molecule has 0 radical (unpaired) electrons. The molecule has 0 aliphatic heterocycles. The summed E-state index contributed by atoms with van der Waals surface area (Å²) < 4.78 is 149. The molecule has 12 heteroatoms. The van der Waals surface area contributed by atoms with E-state index in [9.17, 15) is 52.7 Å². The molecule has 0 saturated heterocycles. The SMILES string of the molecule is FC(F)(F)c1cc(C(F)(F)F)c(C(F)(F)F)cc1C(F)(F)F. The maximum absolute atomic E-state index is 12.4. The summed E-state index contributed by atoms with van der Waals surface area (Å²) in [7, 11) is 0. The van der Waals surface area contributed by atoms with Gasteiger partial charge in [-0.3, -0.25) is 0 Å². The van der Waals surface area contributed by atoms with Crippen LogP contribution in [0.5, 0.6) is 0 Å². The molecular weight excluding hydrogens is 348 g/mol. The van der Waals surface area contributed by atoms with Crippen LogP contribution < -0.4 is 0 Å². The minimum Gasteiger partial charge on any atom is -0.166 e. The second-order valence-electron chi connectivity index (χ2n) is 3.93. The van der Waals surface area contributed by atoms with Gasteiger partial charge in [0.05, 0.1) is 22.3 Å². The van der Waals surface area contributed by atoms with Gasteiger partial charge in [0.1, 0.15) is 0 Å². The van der Waals surface area contributed by atoms with Gasteiger partial charge in [0.2, 0.25) is 0 Å². The Labute approximate surface area is 113 Å². The zero-order valence-corrected chi connectivity index (χ0v) is 9.69. The fourth-order valence-electron chi connectivity index (χ4n) is 1.54. The van der Waals surface area contributed by atoms with E-state index in [1.165, 1.54) is 0 Å². The molecule has 0 heterocycles. The minimum absolute atomic E-state index is 1.19. The molecule has 0 spiro atoms. The van der Waals surface area contributed by atoms with Gasteiger partial charge in [-0.05, 0) is 12.1 Å². The smallest absolute Gasteiger partial charge is 0.166 e. The quantitative estimate of drug-likeness (QED) is 0.522. The fourth-order valence-corrected chi connectivity index (χ4v) is 1.54. The van der Waals surface area contributed by atoms with Gasteiger partial charge in [-0.1, -0.05) is 0 Å². The zero-order chi connectivity index (χ0) is 17.7. The lowest BCUT2D eigenvalue weighted by atomic mass is 9.96. The molecule has 1 aromatic carbocycles. The van der Waals surface area contributed by atoms with Crippen molar-refractivity contribution in [1.29, 1.82) is 0 Å². The van der Waals surface area contributed by atoms with Crippen molar-refractivity contribution < 1.29 is 52.7 Å². The highest BCUT2D eigenvalue weighted by atomic mass is 19.4. The number of halogens is 12. The average Bonchev–Trinajstić information content (AvgIpc) is 2.22. The van der Waals surface area contributed by atoms with E-state index in [4.69, 9.17) is 0 Å². The molecule has 0 aromatic heterocycles. The number of rotatable bonds is 0. The van der Waals surface area contributed by atoms with Crippen LogP contribution in [0.3, 0.4) is 0 Å². The molecule has 0 fully saturated rings. The van der Waals surface area contributed by atoms with Gasteiger partial charge in [0, 0.05) is 0 Å². The Bertz CT molecular complexity index is 455. The van der Waals surface area contributed by atoms with Crippen molar-refractivity contribution in [2.24, 2.45) is 0 Å². The van der Waals surface area contributed by atoms with E-state index in [2.05, 4.69) is 0 Å². The highest BCUT2D eigenvalue weighted by Gasteiger charge is 2.50. The molecule has 0 aliphatic carbocycles. The normalized spacial score (nSPS) is 14.4. The van der Waals surface area contributed by atoms with Gasteiger partial charge >= 0.3 is 24.7 Å². The number of hydrogen-bond acceptors (Lipinski definition) is 0. The predicted molar refractivity (Wildman–Crippen MR) is 46.5 cm³/mol. The van der Waals surface area contributed by atoms with Crippen molar-refractivity contribution in [3.05, 3.63) is 34.4 Å². The van der Waals surface area contributed by atoms with Crippen LogP contribution in [0.4, 0.5) is 52.7 Å². The molecule has 0 bridgehead atoms. The molecule has 0 aliphatic rings. The summed E-state index contributed by atoms with van der Waals surface area (Å²) in [6, 6.07) is -2.38. The van der Waals surface area contributed by atoms with Crippen LogP contribution in [-0.4, -0.2) is 0 Å². The summed E-state index contributed by atoms with van der Waals surface area (Å²) in [5.74, 6) is 0. The van der Waals surface area contributed by atoms with Gasteiger partial charge in [0.25, 0.3) is 0 Å². The van der Waals surface area contributed by atoms with E-state index in [1.54, 1.807) is 0 Å². The van der Waals surface area contributed by atoms with Crippen molar-refractivity contribution in [2.45, 2.75) is 24.7 Å². The lowest BCUT2D eigenvalue weighted by Crippen LogP contribution is -2.23. The first-order valence-corrected chi connectivity index (χ1v) is 4.92. The van der Waals surface area contributed by atoms with Crippen LogP contribution >= 0.6 is 0 Å². The molecule has 126 valence electrons. The van der Waals surface area contributed by atoms with Crippen molar-refractivity contribution in [3.8, 4) is 0 Å². The van der Waals surface area contributed by atoms with E-state index < -0.39 is 59.1 Å². The largest absolute Gasteiger partial charge is 0.417 e. The van der Waals surface area contributed by atoms with E-state index >= 15 is 0 Å². The third-order valence-corrected chi connectivity index (χ3v) is 2.38. The topological polar surface area (TPSA) is 0 Å². The van der Waals surface area contributed by atoms with Gasteiger partial charge in [-0.2, -0.15) is 52.7 Å². The molecule has 0 amide bonds. The van der Waals surface area contributed by atoms with Crippen LogP contribution in [0.2, 0.25) is 0 Å².